The highest BCUT2D eigenvalue weighted by atomic mass is 35.5. The largest absolute Gasteiger partial charge is 0.354 e. The van der Waals surface area contributed by atoms with Crippen LogP contribution in [-0.2, 0) is 21.2 Å². The maximum absolute atomic E-state index is 13.3. The van der Waals surface area contributed by atoms with Gasteiger partial charge in [-0.3, -0.25) is 14.9 Å². The van der Waals surface area contributed by atoms with Crippen molar-refractivity contribution in [3.63, 3.8) is 0 Å². The molecule has 3 N–H and O–H groups in total. The molecule has 28 heavy (non-hydrogen) atoms. The third-order valence-corrected chi connectivity index (χ3v) is 6.74. The topological polar surface area (TPSA) is 136 Å². The van der Waals surface area contributed by atoms with Crippen LogP contribution >= 0.6 is 12.4 Å². The Morgan fingerprint density at radius 1 is 1.39 bits per heavy atom. The summed E-state index contributed by atoms with van der Waals surface area (Å²) in [4.78, 5) is 22.2. The second-order valence-electron chi connectivity index (χ2n) is 6.51. The van der Waals surface area contributed by atoms with Gasteiger partial charge in [-0.25, -0.2) is 8.42 Å². The molecule has 1 aromatic rings. The Labute approximate surface area is 171 Å². The number of aryl methyl sites for hydroxylation is 1. The number of carbonyl (C=O) groups excluding carboxylic acids is 1. The SMILES string of the molecule is CCc1ccc([N+](=O)[O-])cc1S(=O)(=O)N1CCCCC1CNC(=O)CCN.Cl. The van der Waals surface area contributed by atoms with Gasteiger partial charge in [-0.2, -0.15) is 4.31 Å². The van der Waals surface area contributed by atoms with E-state index >= 15 is 0 Å². The van der Waals surface area contributed by atoms with Gasteiger partial charge in [-0.05, 0) is 24.8 Å². The first-order chi connectivity index (χ1) is 12.8. The number of benzene rings is 1. The Balaban J connectivity index is 0.00000392. The van der Waals surface area contributed by atoms with Crippen LogP contribution < -0.4 is 11.1 Å². The van der Waals surface area contributed by atoms with Gasteiger partial charge in [0.1, 0.15) is 0 Å². The molecule has 1 amide bonds. The number of nitrogens with one attached hydrogen (secondary N) is 1. The standard InChI is InChI=1S/C17H26N4O5S.ClH/c1-2-13-6-7-14(21(23)24)11-16(13)27(25,26)20-10-4-3-5-15(20)12-19-17(22)8-9-18;/h6-7,11,15H,2-5,8-10,12,18H2,1H3,(H,19,22);1H. The molecule has 11 heteroatoms. The van der Waals surface area contributed by atoms with Crippen LogP contribution in [0.25, 0.3) is 0 Å². The van der Waals surface area contributed by atoms with Gasteiger partial charge in [0.15, 0.2) is 0 Å². The minimum atomic E-state index is -3.92. The number of nitro groups is 1. The second kappa shape index (κ2) is 10.7. The zero-order valence-corrected chi connectivity index (χ0v) is 17.4. The summed E-state index contributed by atoms with van der Waals surface area (Å²) < 4.78 is 28.0. The van der Waals surface area contributed by atoms with E-state index in [1.54, 1.807) is 6.92 Å². The number of halogens is 1. The zero-order valence-electron chi connectivity index (χ0n) is 15.8. The summed E-state index contributed by atoms with van der Waals surface area (Å²) in [6.07, 6.45) is 2.82. The predicted molar refractivity (Wildman–Crippen MR) is 108 cm³/mol. The lowest BCUT2D eigenvalue weighted by Gasteiger charge is -2.35. The minimum absolute atomic E-state index is 0. The molecule has 1 aromatic carbocycles. The van der Waals surface area contributed by atoms with Gasteiger partial charge < -0.3 is 11.1 Å². The molecule has 2 rings (SSSR count). The van der Waals surface area contributed by atoms with Gasteiger partial charge in [-0.15, -0.1) is 12.4 Å². The first-order valence-electron chi connectivity index (χ1n) is 9.07. The van der Waals surface area contributed by atoms with Crippen molar-refractivity contribution in [2.45, 2.75) is 50.0 Å². The number of nitro benzene ring substituents is 1. The van der Waals surface area contributed by atoms with Gasteiger partial charge in [-0.1, -0.05) is 19.4 Å². The molecule has 0 aromatic heterocycles. The van der Waals surface area contributed by atoms with E-state index in [2.05, 4.69) is 5.32 Å². The van der Waals surface area contributed by atoms with E-state index in [0.717, 1.165) is 12.5 Å². The molecular formula is C17H27ClN4O5S. The van der Waals surface area contributed by atoms with Crippen molar-refractivity contribution in [2.75, 3.05) is 19.6 Å². The van der Waals surface area contributed by atoms with Crippen LogP contribution in [0.4, 0.5) is 5.69 Å². The average molecular weight is 435 g/mol. The van der Waals surface area contributed by atoms with Crippen LogP contribution in [-0.4, -0.2) is 49.2 Å². The Morgan fingerprint density at radius 2 is 2.11 bits per heavy atom. The molecule has 1 aliphatic rings. The summed E-state index contributed by atoms with van der Waals surface area (Å²) in [5, 5.41) is 13.8. The Kier molecular flexibility index (Phi) is 9.28. The van der Waals surface area contributed by atoms with Crippen LogP contribution in [0.5, 0.6) is 0 Å². The van der Waals surface area contributed by atoms with Crippen LogP contribution in [0.3, 0.4) is 0 Å². The maximum Gasteiger partial charge on any atom is 0.270 e. The van der Waals surface area contributed by atoms with E-state index in [1.807, 2.05) is 0 Å². The number of nitrogens with zero attached hydrogens (tertiary/aromatic N) is 2. The van der Waals surface area contributed by atoms with E-state index in [4.69, 9.17) is 5.73 Å². The molecule has 0 aliphatic carbocycles. The van der Waals surface area contributed by atoms with Gasteiger partial charge in [0.05, 0.1) is 9.82 Å². The molecular weight excluding hydrogens is 408 g/mol. The Morgan fingerprint density at radius 3 is 2.71 bits per heavy atom. The number of amides is 1. The summed E-state index contributed by atoms with van der Waals surface area (Å²) in [6, 6.07) is 3.56. The van der Waals surface area contributed by atoms with Crippen molar-refractivity contribution in [3.8, 4) is 0 Å². The normalized spacial score (nSPS) is 17.6. The molecule has 1 saturated heterocycles. The molecule has 0 bridgehead atoms. The summed E-state index contributed by atoms with van der Waals surface area (Å²) in [5.74, 6) is -0.218. The molecule has 1 unspecified atom stereocenters. The van der Waals surface area contributed by atoms with Crippen molar-refractivity contribution < 1.29 is 18.1 Å². The lowest BCUT2D eigenvalue weighted by molar-refractivity contribution is -0.385. The first-order valence-corrected chi connectivity index (χ1v) is 10.5. The fourth-order valence-corrected chi connectivity index (χ4v) is 5.27. The third kappa shape index (κ3) is 5.63. The second-order valence-corrected chi connectivity index (χ2v) is 8.37. The van der Waals surface area contributed by atoms with Gasteiger partial charge in [0.25, 0.3) is 5.69 Å². The van der Waals surface area contributed by atoms with E-state index < -0.39 is 14.9 Å². The molecule has 158 valence electrons. The molecule has 1 fully saturated rings. The fraction of sp³-hybridized carbons (Fsp3) is 0.588. The van der Waals surface area contributed by atoms with Gasteiger partial charge >= 0.3 is 0 Å². The summed E-state index contributed by atoms with van der Waals surface area (Å²) in [6.45, 7) is 2.56. The molecule has 9 nitrogen and oxygen atoms in total. The minimum Gasteiger partial charge on any atom is -0.354 e. The monoisotopic (exact) mass is 434 g/mol. The molecule has 0 saturated carbocycles. The summed E-state index contributed by atoms with van der Waals surface area (Å²) >= 11 is 0. The number of rotatable bonds is 8. The predicted octanol–water partition coefficient (Wildman–Crippen LogP) is 1.59. The fourth-order valence-electron chi connectivity index (χ4n) is 3.26. The average Bonchev–Trinajstić information content (AvgIpc) is 2.66. The van der Waals surface area contributed by atoms with Crippen molar-refractivity contribution in [1.29, 1.82) is 0 Å². The van der Waals surface area contributed by atoms with Crippen LogP contribution in [0, 0.1) is 10.1 Å². The van der Waals surface area contributed by atoms with Crippen LogP contribution in [0.1, 0.15) is 38.2 Å². The Bertz CT molecular complexity index is 803. The summed E-state index contributed by atoms with van der Waals surface area (Å²) in [5.41, 5.74) is 5.64. The Hall–Kier alpha value is -1.75. The van der Waals surface area contributed by atoms with E-state index in [-0.39, 0.29) is 54.4 Å². The van der Waals surface area contributed by atoms with E-state index in [9.17, 15) is 23.3 Å². The smallest absolute Gasteiger partial charge is 0.270 e. The van der Waals surface area contributed by atoms with Crippen molar-refractivity contribution in [3.05, 3.63) is 33.9 Å². The molecule has 1 heterocycles. The number of hydrogen-bond donors (Lipinski definition) is 2. The van der Waals surface area contributed by atoms with Crippen molar-refractivity contribution in [1.82, 2.24) is 9.62 Å². The van der Waals surface area contributed by atoms with Crippen molar-refractivity contribution in [2.24, 2.45) is 5.73 Å². The molecule has 0 spiro atoms. The maximum atomic E-state index is 13.3. The van der Waals surface area contributed by atoms with Gasteiger partial charge in [0.2, 0.25) is 15.9 Å². The highest BCUT2D eigenvalue weighted by Gasteiger charge is 2.35. The number of non-ortho nitro benzene ring substituents is 1. The highest BCUT2D eigenvalue weighted by Crippen LogP contribution is 2.30. The van der Waals surface area contributed by atoms with Crippen molar-refractivity contribution >= 4 is 34.0 Å². The highest BCUT2D eigenvalue weighted by molar-refractivity contribution is 7.89. The van der Waals surface area contributed by atoms with Gasteiger partial charge in [0, 0.05) is 44.2 Å². The number of nitrogens with two attached hydrogens (primary N) is 1. The number of sulfonamides is 1. The lowest BCUT2D eigenvalue weighted by atomic mass is 10.1. The molecule has 1 atom stereocenters. The number of piperidine rings is 1. The zero-order chi connectivity index (χ0) is 20.0. The van der Waals surface area contributed by atoms with Crippen LogP contribution in [0.15, 0.2) is 23.1 Å². The van der Waals surface area contributed by atoms with E-state index in [1.165, 1.54) is 16.4 Å². The quantitative estimate of drug-likeness (QED) is 0.471. The number of carbonyl (C=O) groups is 1. The third-order valence-electron chi connectivity index (χ3n) is 4.71. The summed E-state index contributed by atoms with van der Waals surface area (Å²) in [7, 11) is -3.92. The molecule has 0 radical (unpaired) electrons. The molecule has 1 aliphatic heterocycles. The first kappa shape index (κ1) is 24.3. The lowest BCUT2D eigenvalue weighted by Crippen LogP contribution is -2.49. The van der Waals surface area contributed by atoms with Crippen LogP contribution in [0.2, 0.25) is 0 Å². The van der Waals surface area contributed by atoms with E-state index in [0.29, 0.717) is 31.4 Å². The number of hydrogen-bond acceptors (Lipinski definition) is 6.